The van der Waals surface area contributed by atoms with Gasteiger partial charge in [0.1, 0.15) is 0 Å². The van der Waals surface area contributed by atoms with Crippen molar-refractivity contribution in [3.63, 3.8) is 0 Å². The summed E-state index contributed by atoms with van der Waals surface area (Å²) in [6, 6.07) is 12.0. The van der Waals surface area contributed by atoms with E-state index in [-0.39, 0.29) is 6.54 Å². The van der Waals surface area contributed by atoms with Gasteiger partial charge in [0.05, 0.1) is 42.6 Å². The average Bonchev–Trinajstić information content (AvgIpc) is 3.26. The van der Waals surface area contributed by atoms with Crippen LogP contribution in [0, 0.1) is 0 Å². The zero-order valence-electron chi connectivity index (χ0n) is 15.1. The fourth-order valence-electron chi connectivity index (χ4n) is 3.23. The van der Waals surface area contributed by atoms with Crippen molar-refractivity contribution in [3.8, 4) is 5.69 Å². The lowest BCUT2D eigenvalue weighted by Crippen LogP contribution is -2.33. The molecule has 1 aromatic carbocycles. The van der Waals surface area contributed by atoms with Gasteiger partial charge in [-0.25, -0.2) is 17.8 Å². The summed E-state index contributed by atoms with van der Waals surface area (Å²) in [5.74, 6) is 0. The van der Waals surface area contributed by atoms with E-state index in [0.29, 0.717) is 0 Å². The van der Waals surface area contributed by atoms with E-state index in [1.54, 1.807) is 0 Å². The van der Waals surface area contributed by atoms with Crippen LogP contribution < -0.4 is 4.72 Å². The average molecular weight is 386 g/mol. The van der Waals surface area contributed by atoms with E-state index in [4.69, 9.17) is 0 Å². The molecule has 0 spiro atoms. The highest BCUT2D eigenvalue weighted by Gasteiger charge is 2.19. The fraction of sp³-hybridized carbons (Fsp3) is 0.333. The van der Waals surface area contributed by atoms with Crippen molar-refractivity contribution >= 4 is 10.0 Å². The Balaban J connectivity index is 1.40. The van der Waals surface area contributed by atoms with E-state index in [2.05, 4.69) is 26.0 Å². The standard InChI is InChI=1S/C18H22N6O2S/c1-27(25,26)20-11-16-9-18-14-22(7-8-23(18)21-16)12-15-10-19-24(13-15)17-5-3-2-4-6-17/h2-6,9-10,13,20H,7-8,11-12,14H2,1H3. The molecule has 0 fully saturated rings. The molecular weight excluding hydrogens is 364 g/mol. The highest BCUT2D eigenvalue weighted by Crippen LogP contribution is 2.17. The number of benzene rings is 1. The third-order valence-electron chi connectivity index (χ3n) is 4.51. The number of nitrogens with zero attached hydrogens (tertiary/aromatic N) is 5. The van der Waals surface area contributed by atoms with Crippen LogP contribution in [0.25, 0.3) is 5.69 Å². The molecular formula is C18H22N6O2S. The van der Waals surface area contributed by atoms with Crippen LogP contribution in [0.5, 0.6) is 0 Å². The summed E-state index contributed by atoms with van der Waals surface area (Å²) in [6.45, 7) is 3.51. The lowest BCUT2D eigenvalue weighted by Gasteiger charge is -2.26. The molecule has 0 saturated carbocycles. The molecule has 3 aromatic rings. The predicted molar refractivity (Wildman–Crippen MR) is 102 cm³/mol. The summed E-state index contributed by atoms with van der Waals surface area (Å²) < 4.78 is 28.8. The number of fused-ring (bicyclic) bond motifs is 1. The maximum absolute atomic E-state index is 11.2. The lowest BCUT2D eigenvalue weighted by molar-refractivity contribution is 0.205. The van der Waals surface area contributed by atoms with Crippen LogP contribution in [0.2, 0.25) is 0 Å². The van der Waals surface area contributed by atoms with Gasteiger partial charge in [-0.05, 0) is 18.2 Å². The van der Waals surface area contributed by atoms with Gasteiger partial charge in [-0.3, -0.25) is 9.58 Å². The van der Waals surface area contributed by atoms with Gasteiger partial charge < -0.3 is 0 Å². The van der Waals surface area contributed by atoms with E-state index in [0.717, 1.165) is 55.1 Å². The Morgan fingerprint density at radius 1 is 1.19 bits per heavy atom. The fourth-order valence-corrected chi connectivity index (χ4v) is 3.64. The van der Waals surface area contributed by atoms with Gasteiger partial charge in [-0.2, -0.15) is 10.2 Å². The van der Waals surface area contributed by atoms with Gasteiger partial charge in [0, 0.05) is 31.4 Å². The van der Waals surface area contributed by atoms with E-state index in [1.165, 1.54) is 0 Å². The first-order chi connectivity index (χ1) is 13.0. The maximum atomic E-state index is 11.2. The summed E-state index contributed by atoms with van der Waals surface area (Å²) in [7, 11) is -3.21. The van der Waals surface area contributed by atoms with Crippen molar-refractivity contribution in [3.05, 3.63) is 65.7 Å². The molecule has 0 aliphatic carbocycles. The van der Waals surface area contributed by atoms with Crippen molar-refractivity contribution in [1.29, 1.82) is 0 Å². The first kappa shape index (κ1) is 17.9. The minimum atomic E-state index is -3.21. The molecule has 0 atom stereocenters. The number of nitrogens with one attached hydrogen (secondary N) is 1. The second-order valence-corrected chi connectivity index (χ2v) is 8.62. The van der Waals surface area contributed by atoms with Gasteiger partial charge >= 0.3 is 0 Å². The first-order valence-electron chi connectivity index (χ1n) is 8.78. The maximum Gasteiger partial charge on any atom is 0.209 e. The molecule has 0 bridgehead atoms. The Labute approximate surface area is 158 Å². The molecule has 2 aromatic heterocycles. The topological polar surface area (TPSA) is 85.1 Å². The SMILES string of the molecule is CS(=O)(=O)NCc1cc2n(n1)CCN(Cc1cnn(-c3ccccc3)c1)C2. The summed E-state index contributed by atoms with van der Waals surface area (Å²) in [5, 5.41) is 8.94. The van der Waals surface area contributed by atoms with Gasteiger partial charge in [0.2, 0.25) is 10.0 Å². The lowest BCUT2D eigenvalue weighted by atomic mass is 10.2. The molecule has 0 unspecified atom stereocenters. The summed E-state index contributed by atoms with van der Waals surface area (Å²) >= 11 is 0. The minimum absolute atomic E-state index is 0.225. The van der Waals surface area contributed by atoms with Crippen LogP contribution in [0.3, 0.4) is 0 Å². The van der Waals surface area contributed by atoms with Crippen molar-refractivity contribution in [1.82, 2.24) is 29.2 Å². The Kier molecular flexibility index (Phi) is 4.81. The number of para-hydroxylation sites is 1. The van der Waals surface area contributed by atoms with Crippen LogP contribution in [0.1, 0.15) is 17.0 Å². The molecule has 8 nitrogen and oxygen atoms in total. The number of aromatic nitrogens is 4. The molecule has 1 aliphatic heterocycles. The molecule has 1 aliphatic rings. The quantitative estimate of drug-likeness (QED) is 0.687. The van der Waals surface area contributed by atoms with E-state index < -0.39 is 10.0 Å². The van der Waals surface area contributed by atoms with Crippen LogP contribution in [0.4, 0.5) is 0 Å². The van der Waals surface area contributed by atoms with E-state index in [1.807, 2.05) is 52.0 Å². The van der Waals surface area contributed by atoms with Crippen LogP contribution in [0.15, 0.2) is 48.8 Å². The second kappa shape index (κ2) is 7.26. The molecule has 27 heavy (non-hydrogen) atoms. The molecule has 0 amide bonds. The molecule has 3 heterocycles. The largest absolute Gasteiger partial charge is 0.291 e. The molecule has 1 N–H and O–H groups in total. The van der Waals surface area contributed by atoms with Gasteiger partial charge in [-0.15, -0.1) is 0 Å². The van der Waals surface area contributed by atoms with Gasteiger partial charge in [-0.1, -0.05) is 18.2 Å². The zero-order valence-corrected chi connectivity index (χ0v) is 15.9. The molecule has 9 heteroatoms. The van der Waals surface area contributed by atoms with Crippen molar-refractivity contribution < 1.29 is 8.42 Å². The molecule has 0 radical (unpaired) electrons. The minimum Gasteiger partial charge on any atom is -0.291 e. The van der Waals surface area contributed by atoms with E-state index in [9.17, 15) is 8.42 Å². The van der Waals surface area contributed by atoms with Gasteiger partial charge in [0.15, 0.2) is 0 Å². The van der Waals surface area contributed by atoms with Crippen LogP contribution >= 0.6 is 0 Å². The highest BCUT2D eigenvalue weighted by atomic mass is 32.2. The van der Waals surface area contributed by atoms with Crippen LogP contribution in [-0.4, -0.2) is 45.7 Å². The van der Waals surface area contributed by atoms with Crippen LogP contribution in [-0.2, 0) is 36.2 Å². The third-order valence-corrected chi connectivity index (χ3v) is 5.17. The number of hydrogen-bond donors (Lipinski definition) is 1. The summed E-state index contributed by atoms with van der Waals surface area (Å²) in [6.07, 6.45) is 5.11. The van der Waals surface area contributed by atoms with Gasteiger partial charge in [0.25, 0.3) is 0 Å². The monoisotopic (exact) mass is 386 g/mol. The first-order valence-corrected chi connectivity index (χ1v) is 10.7. The second-order valence-electron chi connectivity index (χ2n) is 6.78. The summed E-state index contributed by atoms with van der Waals surface area (Å²) in [4.78, 5) is 2.34. The third kappa shape index (κ3) is 4.44. The van der Waals surface area contributed by atoms with Crippen molar-refractivity contribution in [2.75, 3.05) is 12.8 Å². The Bertz CT molecular complexity index is 1030. The van der Waals surface area contributed by atoms with Crippen molar-refractivity contribution in [2.24, 2.45) is 0 Å². The molecule has 142 valence electrons. The zero-order chi connectivity index (χ0) is 18.9. The normalized spacial score (nSPS) is 15.0. The number of sulfonamides is 1. The Morgan fingerprint density at radius 2 is 2.00 bits per heavy atom. The Morgan fingerprint density at radius 3 is 2.78 bits per heavy atom. The predicted octanol–water partition coefficient (Wildman–Crippen LogP) is 1.13. The van der Waals surface area contributed by atoms with Crippen molar-refractivity contribution in [2.45, 2.75) is 26.2 Å². The Hall–Kier alpha value is -2.49. The van der Waals surface area contributed by atoms with E-state index >= 15 is 0 Å². The number of rotatable bonds is 6. The summed E-state index contributed by atoms with van der Waals surface area (Å²) in [5.41, 5.74) is 4.05. The highest BCUT2D eigenvalue weighted by molar-refractivity contribution is 7.88. The molecule has 0 saturated heterocycles. The number of hydrogen-bond acceptors (Lipinski definition) is 5. The smallest absolute Gasteiger partial charge is 0.209 e. The molecule has 4 rings (SSSR count).